The molecule has 0 aliphatic rings. The van der Waals surface area contributed by atoms with Crippen LogP contribution >= 0.6 is 11.3 Å². The molecule has 0 fully saturated rings. The average molecular weight is 203 g/mol. The summed E-state index contributed by atoms with van der Waals surface area (Å²) in [4.78, 5) is 15.9. The summed E-state index contributed by atoms with van der Waals surface area (Å²) in [6.07, 6.45) is 0.811. The first-order chi connectivity index (χ1) is 6.81. The molecule has 0 aliphatic heterocycles. The summed E-state index contributed by atoms with van der Waals surface area (Å²) >= 11 is 1.55. The first-order valence-corrected chi connectivity index (χ1v) is 5.11. The van der Waals surface area contributed by atoms with Gasteiger partial charge >= 0.3 is 0 Å². The Labute approximate surface area is 86.2 Å². The van der Waals surface area contributed by atoms with E-state index < -0.39 is 0 Å². The van der Waals surface area contributed by atoms with Crippen LogP contribution in [0.15, 0.2) is 30.3 Å². The topological polar surface area (TPSA) is 30.0 Å². The zero-order valence-corrected chi connectivity index (χ0v) is 8.54. The molecule has 14 heavy (non-hydrogen) atoms. The van der Waals surface area contributed by atoms with Crippen molar-refractivity contribution in [2.75, 3.05) is 0 Å². The Balaban J connectivity index is 2.56. The van der Waals surface area contributed by atoms with Crippen molar-refractivity contribution in [2.45, 2.75) is 6.92 Å². The molecule has 0 atom stereocenters. The van der Waals surface area contributed by atoms with Gasteiger partial charge in [0.1, 0.15) is 5.69 Å². The lowest BCUT2D eigenvalue weighted by Gasteiger charge is -1.95. The number of benzene rings is 1. The summed E-state index contributed by atoms with van der Waals surface area (Å²) in [6, 6.07) is 9.84. The van der Waals surface area contributed by atoms with Gasteiger partial charge in [-0.3, -0.25) is 4.79 Å². The summed E-state index contributed by atoms with van der Waals surface area (Å²) in [7, 11) is 0. The number of carbonyl (C=O) groups is 1. The quantitative estimate of drug-likeness (QED) is 0.702. The summed E-state index contributed by atoms with van der Waals surface area (Å²) < 4.78 is 0. The standard InChI is InChI=1S/C11H9NOS/c1-8-12-10(7-13)11(14-8)9-5-3-2-4-6-9/h2-7H,1H3. The van der Waals surface area contributed by atoms with E-state index in [1.807, 2.05) is 37.3 Å². The number of aryl methyl sites for hydroxylation is 1. The van der Waals surface area contributed by atoms with Crippen LogP contribution in [0.1, 0.15) is 15.5 Å². The van der Waals surface area contributed by atoms with Crippen LogP contribution in [-0.4, -0.2) is 11.3 Å². The van der Waals surface area contributed by atoms with Gasteiger partial charge in [0.25, 0.3) is 0 Å². The van der Waals surface area contributed by atoms with E-state index in [0.29, 0.717) is 5.69 Å². The Morgan fingerprint density at radius 1 is 1.29 bits per heavy atom. The first-order valence-electron chi connectivity index (χ1n) is 4.29. The molecule has 3 heteroatoms. The maximum absolute atomic E-state index is 10.8. The molecule has 70 valence electrons. The number of nitrogens with zero attached hydrogens (tertiary/aromatic N) is 1. The van der Waals surface area contributed by atoms with Crippen molar-refractivity contribution < 1.29 is 4.79 Å². The van der Waals surface area contributed by atoms with Gasteiger partial charge in [0.15, 0.2) is 6.29 Å². The van der Waals surface area contributed by atoms with Crippen LogP contribution in [-0.2, 0) is 0 Å². The molecule has 0 saturated carbocycles. The Kier molecular flexibility index (Phi) is 2.41. The highest BCUT2D eigenvalue weighted by molar-refractivity contribution is 7.15. The van der Waals surface area contributed by atoms with E-state index >= 15 is 0 Å². The Hall–Kier alpha value is -1.48. The number of thiazole rings is 1. The lowest BCUT2D eigenvalue weighted by molar-refractivity contribution is 0.112. The van der Waals surface area contributed by atoms with Crippen LogP contribution in [0, 0.1) is 6.92 Å². The van der Waals surface area contributed by atoms with Gasteiger partial charge in [-0.15, -0.1) is 11.3 Å². The van der Waals surface area contributed by atoms with Crippen molar-refractivity contribution in [3.63, 3.8) is 0 Å². The summed E-state index contributed by atoms with van der Waals surface area (Å²) in [5.74, 6) is 0. The minimum atomic E-state index is 0.540. The van der Waals surface area contributed by atoms with Gasteiger partial charge < -0.3 is 0 Å². The number of rotatable bonds is 2. The van der Waals surface area contributed by atoms with Gasteiger partial charge in [0.2, 0.25) is 0 Å². The Bertz CT molecular complexity index is 448. The average Bonchev–Trinajstić information content (AvgIpc) is 2.61. The van der Waals surface area contributed by atoms with Crippen LogP contribution in [0.4, 0.5) is 0 Å². The lowest BCUT2D eigenvalue weighted by atomic mass is 10.2. The minimum absolute atomic E-state index is 0.540. The molecule has 0 unspecified atom stereocenters. The van der Waals surface area contributed by atoms with E-state index in [0.717, 1.165) is 21.7 Å². The molecule has 1 aromatic heterocycles. The van der Waals surface area contributed by atoms with E-state index in [9.17, 15) is 4.79 Å². The monoisotopic (exact) mass is 203 g/mol. The third kappa shape index (κ3) is 1.59. The Morgan fingerprint density at radius 3 is 2.64 bits per heavy atom. The molecule has 1 heterocycles. The minimum Gasteiger partial charge on any atom is -0.296 e. The summed E-state index contributed by atoms with van der Waals surface area (Å²) in [6.45, 7) is 1.91. The van der Waals surface area contributed by atoms with E-state index in [2.05, 4.69) is 4.98 Å². The maximum Gasteiger partial charge on any atom is 0.169 e. The fourth-order valence-electron chi connectivity index (χ4n) is 1.32. The zero-order chi connectivity index (χ0) is 9.97. The van der Waals surface area contributed by atoms with Crippen LogP contribution in [0.25, 0.3) is 10.4 Å². The van der Waals surface area contributed by atoms with Crippen molar-refractivity contribution in [2.24, 2.45) is 0 Å². The van der Waals surface area contributed by atoms with Gasteiger partial charge in [0.05, 0.1) is 9.88 Å². The number of hydrogen-bond donors (Lipinski definition) is 0. The highest BCUT2D eigenvalue weighted by Gasteiger charge is 2.09. The van der Waals surface area contributed by atoms with E-state index in [1.165, 1.54) is 0 Å². The maximum atomic E-state index is 10.8. The van der Waals surface area contributed by atoms with Crippen molar-refractivity contribution >= 4 is 17.6 Å². The molecule has 0 aliphatic carbocycles. The van der Waals surface area contributed by atoms with Gasteiger partial charge in [-0.05, 0) is 12.5 Å². The summed E-state index contributed by atoms with van der Waals surface area (Å²) in [5.41, 5.74) is 1.60. The molecule has 0 bridgehead atoms. The SMILES string of the molecule is Cc1nc(C=O)c(-c2ccccc2)s1. The number of hydrogen-bond acceptors (Lipinski definition) is 3. The first kappa shape index (κ1) is 9.09. The van der Waals surface area contributed by atoms with Crippen molar-refractivity contribution in [3.8, 4) is 10.4 Å². The molecule has 0 saturated heterocycles. The summed E-state index contributed by atoms with van der Waals surface area (Å²) in [5, 5.41) is 0.922. The molecule has 1 aromatic carbocycles. The predicted molar refractivity (Wildman–Crippen MR) is 57.7 cm³/mol. The van der Waals surface area contributed by atoms with E-state index in [-0.39, 0.29) is 0 Å². The van der Waals surface area contributed by atoms with Crippen LogP contribution in [0.5, 0.6) is 0 Å². The van der Waals surface area contributed by atoms with E-state index in [1.54, 1.807) is 11.3 Å². The third-order valence-corrected chi connectivity index (χ3v) is 2.94. The van der Waals surface area contributed by atoms with Gasteiger partial charge in [-0.1, -0.05) is 30.3 Å². The highest BCUT2D eigenvalue weighted by atomic mass is 32.1. The molecule has 0 radical (unpaired) electrons. The van der Waals surface area contributed by atoms with Crippen molar-refractivity contribution in [1.29, 1.82) is 0 Å². The van der Waals surface area contributed by atoms with Gasteiger partial charge in [-0.2, -0.15) is 0 Å². The number of carbonyl (C=O) groups excluding carboxylic acids is 1. The van der Waals surface area contributed by atoms with Crippen LogP contribution < -0.4 is 0 Å². The van der Waals surface area contributed by atoms with Crippen LogP contribution in [0.2, 0.25) is 0 Å². The van der Waals surface area contributed by atoms with Gasteiger partial charge in [0, 0.05) is 0 Å². The van der Waals surface area contributed by atoms with Crippen LogP contribution in [0.3, 0.4) is 0 Å². The molecule has 0 amide bonds. The molecular weight excluding hydrogens is 194 g/mol. The third-order valence-electron chi connectivity index (χ3n) is 1.91. The number of aromatic nitrogens is 1. The van der Waals surface area contributed by atoms with Gasteiger partial charge in [-0.25, -0.2) is 4.98 Å². The highest BCUT2D eigenvalue weighted by Crippen LogP contribution is 2.28. The largest absolute Gasteiger partial charge is 0.296 e. The van der Waals surface area contributed by atoms with Crippen molar-refractivity contribution in [3.05, 3.63) is 41.0 Å². The predicted octanol–water partition coefficient (Wildman–Crippen LogP) is 2.93. The second-order valence-electron chi connectivity index (χ2n) is 2.93. The molecule has 2 aromatic rings. The fraction of sp³-hybridized carbons (Fsp3) is 0.0909. The smallest absolute Gasteiger partial charge is 0.169 e. The van der Waals surface area contributed by atoms with Crippen molar-refractivity contribution in [1.82, 2.24) is 4.98 Å². The Morgan fingerprint density at radius 2 is 2.00 bits per heavy atom. The lowest BCUT2D eigenvalue weighted by Crippen LogP contribution is -1.83. The molecule has 2 nitrogen and oxygen atoms in total. The zero-order valence-electron chi connectivity index (χ0n) is 7.73. The fourth-order valence-corrected chi connectivity index (χ4v) is 2.21. The molecule has 2 rings (SSSR count). The second kappa shape index (κ2) is 3.72. The van der Waals surface area contributed by atoms with E-state index in [4.69, 9.17) is 0 Å². The number of aldehydes is 1. The molecule has 0 spiro atoms. The molecular formula is C11H9NOS. The molecule has 0 N–H and O–H groups in total. The normalized spacial score (nSPS) is 10.1. The second-order valence-corrected chi connectivity index (χ2v) is 4.13.